The van der Waals surface area contributed by atoms with Gasteiger partial charge < -0.3 is 15.7 Å². The first-order chi connectivity index (χ1) is 7.69. The average molecular weight is 221 g/mol. The van der Waals surface area contributed by atoms with Gasteiger partial charge in [-0.3, -0.25) is 4.79 Å². The molecule has 84 valence electrons. The molecule has 3 N–H and O–H groups in total. The number of anilines is 1. The first-order valence-corrected chi connectivity index (χ1v) is 4.46. The van der Waals surface area contributed by atoms with Crippen molar-refractivity contribution in [3.8, 4) is 0 Å². The second-order valence-electron chi connectivity index (χ2n) is 2.95. The summed E-state index contributed by atoms with van der Waals surface area (Å²) in [5.74, 6) is -0.649. The minimum atomic E-state index is -0.649. The zero-order valence-electron chi connectivity index (χ0n) is 8.58. The van der Waals surface area contributed by atoms with Gasteiger partial charge in [-0.1, -0.05) is 28.5 Å². The van der Waals surface area contributed by atoms with Gasteiger partial charge in [-0.05, 0) is 19.1 Å². The Morgan fingerprint density at radius 1 is 1.19 bits per heavy atom. The fourth-order valence-electron chi connectivity index (χ4n) is 1.04. The van der Waals surface area contributed by atoms with Crippen LogP contribution in [0.5, 0.6) is 0 Å². The Hall–Kier alpha value is -2.37. The summed E-state index contributed by atoms with van der Waals surface area (Å²) in [5.41, 5.74) is 0.140. The highest BCUT2D eigenvalue weighted by atomic mass is 16.4. The topological polar surface area (TPSA) is 94.3 Å². The number of para-hydroxylation sites is 1. The van der Waals surface area contributed by atoms with Gasteiger partial charge in [0, 0.05) is 5.69 Å². The van der Waals surface area contributed by atoms with Crippen molar-refractivity contribution in [3.05, 3.63) is 30.3 Å². The highest BCUT2D eigenvalue weighted by Crippen LogP contribution is 2.05. The molecule has 1 rings (SSSR count). The molecular formula is C10H11N3O3. The van der Waals surface area contributed by atoms with Crippen LogP contribution in [0.2, 0.25) is 0 Å². The molecule has 0 heterocycles. The van der Waals surface area contributed by atoms with Crippen LogP contribution in [-0.2, 0) is 4.79 Å². The summed E-state index contributed by atoms with van der Waals surface area (Å²) in [5, 5.41) is 25.1. The van der Waals surface area contributed by atoms with Crippen LogP contribution in [0, 0.1) is 0 Å². The molecule has 0 aliphatic heterocycles. The summed E-state index contributed by atoms with van der Waals surface area (Å²) in [6, 6.07) is 8.66. The van der Waals surface area contributed by atoms with Crippen molar-refractivity contribution >= 4 is 23.0 Å². The molecule has 0 unspecified atom stereocenters. The summed E-state index contributed by atoms with van der Waals surface area (Å²) in [4.78, 5) is 11.6. The van der Waals surface area contributed by atoms with Crippen molar-refractivity contribution in [2.75, 3.05) is 5.32 Å². The molecule has 0 spiro atoms. The number of oxime groups is 2. The molecule has 6 nitrogen and oxygen atoms in total. The second-order valence-corrected chi connectivity index (χ2v) is 2.95. The molecule has 0 aliphatic rings. The number of benzene rings is 1. The van der Waals surface area contributed by atoms with Crippen LogP contribution in [0.4, 0.5) is 5.69 Å². The van der Waals surface area contributed by atoms with Gasteiger partial charge in [-0.15, -0.1) is 0 Å². The van der Waals surface area contributed by atoms with Crippen LogP contribution in [0.1, 0.15) is 6.92 Å². The number of carbonyl (C=O) groups excluding carboxylic acids is 1. The molecule has 6 heteroatoms. The van der Waals surface area contributed by atoms with Crippen molar-refractivity contribution < 1.29 is 15.2 Å². The second kappa shape index (κ2) is 5.50. The largest absolute Gasteiger partial charge is 0.411 e. The predicted octanol–water partition coefficient (Wildman–Crippen LogP) is 1.31. The molecule has 1 aromatic carbocycles. The number of rotatable bonds is 3. The molecule has 1 amide bonds. The highest BCUT2D eigenvalue weighted by Gasteiger charge is 2.16. The molecular weight excluding hydrogens is 210 g/mol. The lowest BCUT2D eigenvalue weighted by Crippen LogP contribution is -2.28. The van der Waals surface area contributed by atoms with E-state index in [2.05, 4.69) is 15.6 Å². The first-order valence-electron chi connectivity index (χ1n) is 4.46. The lowest BCUT2D eigenvalue weighted by Gasteiger charge is -2.04. The van der Waals surface area contributed by atoms with Crippen molar-refractivity contribution in [1.29, 1.82) is 0 Å². The Kier molecular flexibility index (Phi) is 4.02. The van der Waals surface area contributed by atoms with Gasteiger partial charge in [0.15, 0.2) is 5.71 Å². The standard InChI is InChI=1S/C10H11N3O3/c1-7(12-15)9(13-16)10(14)11-8-5-3-2-4-6-8/h2-6,15-16H,1H3,(H,11,14). The van der Waals surface area contributed by atoms with E-state index in [1.54, 1.807) is 30.3 Å². The fraction of sp³-hybridized carbons (Fsp3) is 0.100. The molecule has 0 saturated carbocycles. The molecule has 0 aromatic heterocycles. The summed E-state index contributed by atoms with van der Waals surface area (Å²) >= 11 is 0. The normalized spacial score (nSPS) is 12.3. The van der Waals surface area contributed by atoms with Crippen LogP contribution in [0.15, 0.2) is 40.6 Å². The van der Waals surface area contributed by atoms with Crippen molar-refractivity contribution in [3.63, 3.8) is 0 Å². The Morgan fingerprint density at radius 3 is 2.31 bits per heavy atom. The van der Waals surface area contributed by atoms with E-state index in [-0.39, 0.29) is 11.4 Å². The Bertz CT molecular complexity index is 426. The molecule has 1 aromatic rings. The lowest BCUT2D eigenvalue weighted by atomic mass is 10.2. The quantitative estimate of drug-likeness (QED) is 0.408. The zero-order chi connectivity index (χ0) is 12.0. The van der Waals surface area contributed by atoms with E-state index in [1.165, 1.54) is 6.92 Å². The summed E-state index contributed by atoms with van der Waals surface area (Å²) < 4.78 is 0. The van der Waals surface area contributed by atoms with E-state index in [9.17, 15) is 4.79 Å². The Labute approximate surface area is 91.9 Å². The summed E-state index contributed by atoms with van der Waals surface area (Å²) in [7, 11) is 0. The highest BCUT2D eigenvalue weighted by molar-refractivity contribution is 6.68. The molecule has 0 saturated heterocycles. The summed E-state index contributed by atoms with van der Waals surface area (Å²) in [6.45, 7) is 1.35. The molecule has 0 bridgehead atoms. The van der Waals surface area contributed by atoms with Gasteiger partial charge in [0.1, 0.15) is 5.71 Å². The van der Waals surface area contributed by atoms with Gasteiger partial charge >= 0.3 is 0 Å². The maximum Gasteiger partial charge on any atom is 0.279 e. The molecule has 0 radical (unpaired) electrons. The summed E-state index contributed by atoms with van der Waals surface area (Å²) in [6.07, 6.45) is 0. The Morgan fingerprint density at radius 2 is 1.81 bits per heavy atom. The van der Waals surface area contributed by atoms with E-state index in [0.717, 1.165) is 0 Å². The van der Waals surface area contributed by atoms with E-state index in [4.69, 9.17) is 10.4 Å². The van der Waals surface area contributed by atoms with Crippen LogP contribution in [-0.4, -0.2) is 27.7 Å². The molecule has 0 aliphatic carbocycles. The smallest absolute Gasteiger partial charge is 0.279 e. The van der Waals surface area contributed by atoms with E-state index >= 15 is 0 Å². The predicted molar refractivity (Wildman–Crippen MR) is 59.2 cm³/mol. The fourth-order valence-corrected chi connectivity index (χ4v) is 1.04. The molecule has 0 fully saturated rings. The third-order valence-electron chi connectivity index (χ3n) is 1.84. The van der Waals surface area contributed by atoms with E-state index in [0.29, 0.717) is 5.69 Å². The van der Waals surface area contributed by atoms with Crippen LogP contribution >= 0.6 is 0 Å². The van der Waals surface area contributed by atoms with Crippen molar-refractivity contribution in [2.45, 2.75) is 6.92 Å². The number of nitrogens with zero attached hydrogens (tertiary/aromatic N) is 2. The van der Waals surface area contributed by atoms with Crippen molar-refractivity contribution in [2.24, 2.45) is 10.3 Å². The monoisotopic (exact) mass is 221 g/mol. The van der Waals surface area contributed by atoms with E-state index < -0.39 is 5.91 Å². The van der Waals surface area contributed by atoms with Crippen LogP contribution in [0.25, 0.3) is 0 Å². The van der Waals surface area contributed by atoms with Gasteiger partial charge in [-0.25, -0.2) is 0 Å². The number of carbonyl (C=O) groups is 1. The van der Waals surface area contributed by atoms with E-state index in [1.807, 2.05) is 0 Å². The number of hydrogen-bond acceptors (Lipinski definition) is 5. The maximum atomic E-state index is 11.6. The van der Waals surface area contributed by atoms with Gasteiger partial charge in [0.05, 0.1) is 0 Å². The number of hydrogen-bond donors (Lipinski definition) is 3. The molecule has 0 atom stereocenters. The average Bonchev–Trinajstić information content (AvgIpc) is 2.31. The van der Waals surface area contributed by atoms with Crippen LogP contribution in [0.3, 0.4) is 0 Å². The Balaban J connectivity index is 2.80. The van der Waals surface area contributed by atoms with Crippen LogP contribution < -0.4 is 5.32 Å². The van der Waals surface area contributed by atoms with Gasteiger partial charge in [0.25, 0.3) is 5.91 Å². The molecule has 16 heavy (non-hydrogen) atoms. The first kappa shape index (κ1) is 11.7. The SMILES string of the molecule is CC(=NO)C(=NO)C(=O)Nc1ccccc1. The number of nitrogens with one attached hydrogen (secondary N) is 1. The minimum Gasteiger partial charge on any atom is -0.411 e. The third kappa shape index (κ3) is 2.81. The number of amides is 1. The third-order valence-corrected chi connectivity index (χ3v) is 1.84. The van der Waals surface area contributed by atoms with Crippen molar-refractivity contribution in [1.82, 2.24) is 0 Å². The lowest BCUT2D eigenvalue weighted by molar-refractivity contribution is -0.110. The van der Waals surface area contributed by atoms with Gasteiger partial charge in [-0.2, -0.15) is 0 Å². The zero-order valence-corrected chi connectivity index (χ0v) is 8.58. The van der Waals surface area contributed by atoms with Gasteiger partial charge in [0.2, 0.25) is 0 Å². The minimum absolute atomic E-state index is 0.0732. The maximum absolute atomic E-state index is 11.6.